The topological polar surface area (TPSA) is 110 Å². The summed E-state index contributed by atoms with van der Waals surface area (Å²) in [6.45, 7) is 3.95. The van der Waals surface area contributed by atoms with Gasteiger partial charge < -0.3 is 9.84 Å². The van der Waals surface area contributed by atoms with E-state index in [1.54, 1.807) is 0 Å². The first kappa shape index (κ1) is 19.2. The second-order valence-corrected chi connectivity index (χ2v) is 7.01. The van der Waals surface area contributed by atoms with Gasteiger partial charge >= 0.3 is 0 Å². The molecule has 3 aromatic rings. The lowest BCUT2D eigenvalue weighted by Crippen LogP contribution is -2.30. The van der Waals surface area contributed by atoms with Crippen molar-refractivity contribution in [2.24, 2.45) is 5.92 Å². The van der Waals surface area contributed by atoms with Gasteiger partial charge in [0.25, 0.3) is 5.91 Å². The van der Waals surface area contributed by atoms with Crippen molar-refractivity contribution in [3.8, 4) is 11.6 Å². The van der Waals surface area contributed by atoms with Crippen LogP contribution in [0.5, 0.6) is 0 Å². The lowest BCUT2D eigenvalue weighted by Gasteiger charge is -2.17. The molecule has 0 radical (unpaired) electrons. The highest BCUT2D eigenvalue weighted by Gasteiger charge is 2.25. The van der Waals surface area contributed by atoms with Crippen LogP contribution in [-0.2, 0) is 0 Å². The van der Waals surface area contributed by atoms with E-state index in [1.807, 2.05) is 13.8 Å². The second kappa shape index (κ2) is 8.01. The van der Waals surface area contributed by atoms with Crippen molar-refractivity contribution in [1.29, 1.82) is 0 Å². The predicted molar refractivity (Wildman–Crippen MR) is 95.8 cm³/mol. The molecule has 3 rings (SSSR count). The monoisotopic (exact) mass is 412 g/mol. The number of carbonyl (C=O) groups is 1. The first-order chi connectivity index (χ1) is 12.8. The summed E-state index contributed by atoms with van der Waals surface area (Å²) in [6, 6.07) is 1.57. The highest BCUT2D eigenvalue weighted by Crippen LogP contribution is 2.26. The Morgan fingerprint density at radius 2 is 2.11 bits per heavy atom. The fraction of sp³-hybridized carbons (Fsp3) is 0.312. The third-order valence-corrected chi connectivity index (χ3v) is 4.24. The van der Waals surface area contributed by atoms with Crippen LogP contribution in [0, 0.1) is 11.7 Å². The standard InChI is InChI=1S/C16H15Cl2FN6O2/c1-7(2)3-12(16-23-14(25-27-16)13-20-6-21-24-13)22-15(26)8-4-11(19)10(18)5-9(8)17/h4-7,12H,3H2,1-2H3,(H,22,26)(H,20,21,24)/t12-/m0/s1. The van der Waals surface area contributed by atoms with Gasteiger partial charge in [0, 0.05) is 0 Å². The van der Waals surface area contributed by atoms with Crippen LogP contribution in [0.15, 0.2) is 23.0 Å². The Bertz CT molecular complexity index is 945. The van der Waals surface area contributed by atoms with E-state index < -0.39 is 17.8 Å². The number of hydrogen-bond acceptors (Lipinski definition) is 6. The third-order valence-electron chi connectivity index (χ3n) is 3.63. The molecule has 8 nitrogen and oxygen atoms in total. The maximum Gasteiger partial charge on any atom is 0.253 e. The molecule has 1 amide bonds. The van der Waals surface area contributed by atoms with Crippen molar-refractivity contribution < 1.29 is 13.7 Å². The molecule has 2 heterocycles. The van der Waals surface area contributed by atoms with Crippen LogP contribution < -0.4 is 5.32 Å². The van der Waals surface area contributed by atoms with Gasteiger partial charge in [-0.15, -0.1) is 0 Å². The van der Waals surface area contributed by atoms with E-state index in [4.69, 9.17) is 27.7 Å². The van der Waals surface area contributed by atoms with Crippen LogP contribution >= 0.6 is 23.2 Å². The van der Waals surface area contributed by atoms with Gasteiger partial charge in [0.1, 0.15) is 18.2 Å². The number of carbonyl (C=O) groups excluding carboxylic acids is 1. The first-order valence-corrected chi connectivity index (χ1v) is 8.75. The summed E-state index contributed by atoms with van der Waals surface area (Å²) in [7, 11) is 0. The molecule has 142 valence electrons. The molecule has 0 saturated heterocycles. The molecule has 0 unspecified atom stereocenters. The maximum atomic E-state index is 13.7. The van der Waals surface area contributed by atoms with Crippen molar-refractivity contribution in [3.05, 3.63) is 45.8 Å². The zero-order valence-electron chi connectivity index (χ0n) is 14.3. The van der Waals surface area contributed by atoms with Crippen molar-refractivity contribution >= 4 is 29.1 Å². The smallest absolute Gasteiger partial charge is 0.253 e. The molecule has 0 spiro atoms. The molecule has 0 aliphatic heterocycles. The summed E-state index contributed by atoms with van der Waals surface area (Å²) in [5.74, 6) is -0.386. The number of amides is 1. The summed E-state index contributed by atoms with van der Waals surface area (Å²) in [5, 5.41) is 12.8. The zero-order valence-corrected chi connectivity index (χ0v) is 15.8. The molecule has 0 saturated carbocycles. The number of H-pyrrole nitrogens is 1. The molecular formula is C16H15Cl2FN6O2. The Morgan fingerprint density at radius 1 is 1.33 bits per heavy atom. The van der Waals surface area contributed by atoms with Gasteiger partial charge in [-0.05, 0) is 24.5 Å². The lowest BCUT2D eigenvalue weighted by molar-refractivity contribution is 0.0922. The summed E-state index contributed by atoms with van der Waals surface area (Å²) >= 11 is 11.7. The van der Waals surface area contributed by atoms with Gasteiger partial charge in [0.15, 0.2) is 5.82 Å². The minimum Gasteiger partial charge on any atom is -0.340 e. The van der Waals surface area contributed by atoms with E-state index in [1.165, 1.54) is 12.4 Å². The summed E-state index contributed by atoms with van der Waals surface area (Å²) in [4.78, 5) is 20.8. The molecule has 1 atom stereocenters. The minimum absolute atomic E-state index is 0.0371. The highest BCUT2D eigenvalue weighted by atomic mass is 35.5. The van der Waals surface area contributed by atoms with Gasteiger partial charge in [-0.25, -0.2) is 9.37 Å². The fourth-order valence-electron chi connectivity index (χ4n) is 2.41. The van der Waals surface area contributed by atoms with Gasteiger partial charge in [-0.3, -0.25) is 9.89 Å². The van der Waals surface area contributed by atoms with Crippen molar-refractivity contribution in [1.82, 2.24) is 30.6 Å². The second-order valence-electron chi connectivity index (χ2n) is 6.19. The van der Waals surface area contributed by atoms with Crippen LogP contribution in [0.1, 0.15) is 42.6 Å². The van der Waals surface area contributed by atoms with E-state index in [0.29, 0.717) is 12.2 Å². The number of aromatic nitrogens is 5. The van der Waals surface area contributed by atoms with E-state index >= 15 is 0 Å². The Morgan fingerprint density at radius 3 is 2.78 bits per heavy atom. The molecule has 0 aliphatic rings. The molecule has 2 N–H and O–H groups in total. The Hall–Kier alpha value is -2.52. The molecule has 0 bridgehead atoms. The normalized spacial score (nSPS) is 12.4. The molecule has 1 aromatic carbocycles. The van der Waals surface area contributed by atoms with Gasteiger partial charge in [0.2, 0.25) is 11.7 Å². The maximum absolute atomic E-state index is 13.7. The van der Waals surface area contributed by atoms with Crippen LogP contribution in [0.25, 0.3) is 11.6 Å². The van der Waals surface area contributed by atoms with Crippen LogP contribution in [0.3, 0.4) is 0 Å². The Labute approximate surface area is 163 Å². The predicted octanol–water partition coefficient (Wildman–Crippen LogP) is 3.82. The van der Waals surface area contributed by atoms with Crippen molar-refractivity contribution in [3.63, 3.8) is 0 Å². The number of hydrogen-bond donors (Lipinski definition) is 2. The number of nitrogens with one attached hydrogen (secondary N) is 2. The molecule has 27 heavy (non-hydrogen) atoms. The van der Waals surface area contributed by atoms with Gasteiger partial charge in [0.05, 0.1) is 15.6 Å². The number of benzene rings is 1. The number of aromatic amines is 1. The molecule has 2 aromatic heterocycles. The largest absolute Gasteiger partial charge is 0.340 e. The van der Waals surface area contributed by atoms with Crippen molar-refractivity contribution in [2.45, 2.75) is 26.3 Å². The van der Waals surface area contributed by atoms with E-state index in [-0.39, 0.29) is 33.2 Å². The highest BCUT2D eigenvalue weighted by molar-refractivity contribution is 6.36. The minimum atomic E-state index is -0.739. The lowest BCUT2D eigenvalue weighted by atomic mass is 10.0. The van der Waals surface area contributed by atoms with E-state index in [0.717, 1.165) is 6.07 Å². The average Bonchev–Trinajstić information content (AvgIpc) is 3.27. The first-order valence-electron chi connectivity index (χ1n) is 8.00. The van der Waals surface area contributed by atoms with Crippen LogP contribution in [0.2, 0.25) is 10.0 Å². The van der Waals surface area contributed by atoms with Gasteiger partial charge in [-0.1, -0.05) is 42.2 Å². The molecule has 11 heteroatoms. The van der Waals surface area contributed by atoms with E-state index in [2.05, 4.69) is 30.6 Å². The quantitative estimate of drug-likeness (QED) is 0.595. The summed E-state index contributed by atoms with van der Waals surface area (Å²) < 4.78 is 19.0. The fourth-order valence-corrected chi connectivity index (χ4v) is 2.88. The molecular weight excluding hydrogens is 398 g/mol. The molecule has 0 fully saturated rings. The number of halogens is 3. The van der Waals surface area contributed by atoms with Crippen LogP contribution in [0.4, 0.5) is 4.39 Å². The summed E-state index contributed by atoms with van der Waals surface area (Å²) in [5.41, 5.74) is -0.0395. The Balaban J connectivity index is 1.85. The number of nitrogens with zero attached hydrogens (tertiary/aromatic N) is 4. The third kappa shape index (κ3) is 4.42. The van der Waals surface area contributed by atoms with Crippen molar-refractivity contribution in [2.75, 3.05) is 0 Å². The Kier molecular flexibility index (Phi) is 5.71. The zero-order chi connectivity index (χ0) is 19.6. The number of rotatable bonds is 6. The SMILES string of the molecule is CC(C)C[C@H](NC(=O)c1cc(F)c(Cl)cc1Cl)c1nc(-c2ncn[nH]2)no1. The molecule has 0 aliphatic carbocycles. The van der Waals surface area contributed by atoms with Crippen LogP contribution in [-0.4, -0.2) is 31.2 Å². The summed E-state index contributed by atoms with van der Waals surface area (Å²) in [6.07, 6.45) is 1.83. The average molecular weight is 413 g/mol. The van der Waals surface area contributed by atoms with E-state index in [9.17, 15) is 9.18 Å². The van der Waals surface area contributed by atoms with Gasteiger partial charge in [-0.2, -0.15) is 10.1 Å².